The summed E-state index contributed by atoms with van der Waals surface area (Å²) in [6.45, 7) is 4.86. The van der Waals surface area contributed by atoms with Crippen LogP contribution in [-0.2, 0) is 0 Å². The number of rotatable bonds is 0. The molecule has 2 atom stereocenters. The maximum Gasteiger partial charge on any atom is 0.0254 e. The molecule has 2 radical (unpaired) electrons. The monoisotopic (exact) mass is 109 g/mol. The van der Waals surface area contributed by atoms with Crippen LogP contribution in [0.5, 0.6) is 0 Å². The van der Waals surface area contributed by atoms with Crippen LogP contribution in [0.2, 0.25) is 0 Å². The van der Waals surface area contributed by atoms with Gasteiger partial charge in [0.1, 0.15) is 0 Å². The third kappa shape index (κ3) is 0.655. The fourth-order valence-corrected chi connectivity index (χ4v) is 1.49. The minimum Gasteiger partial charge on any atom is -0.299 e. The van der Waals surface area contributed by atoms with E-state index in [2.05, 4.69) is 17.9 Å². The molecular formula is C7H11N. The molecule has 2 unspecified atom stereocenters. The topological polar surface area (TPSA) is 3.24 Å². The molecule has 2 bridgehead atoms. The Balaban J connectivity index is 2.03. The van der Waals surface area contributed by atoms with Gasteiger partial charge in [-0.15, -0.1) is 0 Å². The van der Waals surface area contributed by atoms with Crippen molar-refractivity contribution >= 4 is 0 Å². The van der Waals surface area contributed by atoms with E-state index in [0.717, 1.165) is 5.92 Å². The summed E-state index contributed by atoms with van der Waals surface area (Å²) in [6.07, 6.45) is 5.14. The van der Waals surface area contributed by atoms with Gasteiger partial charge in [0.05, 0.1) is 0 Å². The fourth-order valence-electron chi connectivity index (χ4n) is 1.49. The van der Waals surface area contributed by atoms with Gasteiger partial charge in [-0.2, -0.15) is 0 Å². The van der Waals surface area contributed by atoms with Gasteiger partial charge in [0, 0.05) is 13.1 Å². The van der Waals surface area contributed by atoms with Crippen molar-refractivity contribution in [2.24, 2.45) is 5.92 Å². The van der Waals surface area contributed by atoms with E-state index in [4.69, 9.17) is 0 Å². The summed E-state index contributed by atoms with van der Waals surface area (Å²) in [5.41, 5.74) is 0. The molecule has 0 saturated carbocycles. The molecule has 0 spiro atoms. The lowest BCUT2D eigenvalue weighted by molar-refractivity contribution is 0.204. The lowest BCUT2D eigenvalue weighted by Crippen LogP contribution is -2.38. The van der Waals surface area contributed by atoms with E-state index in [9.17, 15) is 0 Å². The van der Waals surface area contributed by atoms with Crippen LogP contribution in [0.15, 0.2) is 0 Å². The third-order valence-corrected chi connectivity index (χ3v) is 2.13. The molecular weight excluding hydrogens is 98.1 g/mol. The zero-order chi connectivity index (χ0) is 5.40. The molecule has 3 fully saturated rings. The lowest BCUT2D eigenvalue weighted by atomic mass is 9.89. The lowest BCUT2D eigenvalue weighted by Gasteiger charge is -2.37. The Morgan fingerprint density at radius 2 is 2.50 bits per heavy atom. The molecule has 3 aliphatic heterocycles. The number of piperidine rings is 3. The summed E-state index contributed by atoms with van der Waals surface area (Å²) in [5.74, 6) is 0.931. The van der Waals surface area contributed by atoms with Crippen molar-refractivity contribution < 1.29 is 0 Å². The molecule has 0 N–H and O–H groups in total. The Bertz CT molecular complexity index is 59.4. The first-order valence-corrected chi connectivity index (χ1v) is 3.36. The highest BCUT2D eigenvalue weighted by molar-refractivity contribution is 4.96. The van der Waals surface area contributed by atoms with Gasteiger partial charge in [0.25, 0.3) is 0 Å². The molecule has 44 valence electrons. The average Bonchev–Trinajstić information content (AvgIpc) is 1.92. The van der Waals surface area contributed by atoms with Crippen molar-refractivity contribution in [1.29, 1.82) is 0 Å². The van der Waals surface area contributed by atoms with Crippen molar-refractivity contribution in [3.63, 3.8) is 0 Å². The molecule has 3 heterocycles. The number of hydrogen-bond acceptors (Lipinski definition) is 1. The van der Waals surface area contributed by atoms with Crippen molar-refractivity contribution in [3.8, 4) is 0 Å². The van der Waals surface area contributed by atoms with Crippen molar-refractivity contribution in [1.82, 2.24) is 4.90 Å². The molecule has 1 heteroatoms. The van der Waals surface area contributed by atoms with Crippen LogP contribution in [0.4, 0.5) is 0 Å². The first-order valence-electron chi connectivity index (χ1n) is 3.36. The second-order valence-electron chi connectivity index (χ2n) is 2.70. The van der Waals surface area contributed by atoms with E-state index in [0.29, 0.717) is 0 Å². The summed E-state index contributed by atoms with van der Waals surface area (Å²) in [5, 5.41) is 0. The molecule has 3 rings (SSSR count). The van der Waals surface area contributed by atoms with Gasteiger partial charge >= 0.3 is 0 Å². The maximum absolute atomic E-state index is 2.43. The molecule has 1 nitrogen and oxygen atoms in total. The molecule has 8 heavy (non-hydrogen) atoms. The molecule has 0 aromatic heterocycles. The SMILES string of the molecule is [CH]1CN2[CH]CC1CC2. The van der Waals surface area contributed by atoms with Gasteiger partial charge in [-0.3, -0.25) is 4.90 Å². The normalized spacial score (nSPS) is 45.0. The summed E-state index contributed by atoms with van der Waals surface area (Å²) in [6, 6.07) is 0. The first-order chi connectivity index (χ1) is 3.95. The van der Waals surface area contributed by atoms with Gasteiger partial charge in [0.2, 0.25) is 0 Å². The fraction of sp³-hybridized carbons (Fsp3) is 0.714. The second kappa shape index (κ2) is 1.73. The smallest absolute Gasteiger partial charge is 0.0254 e. The molecule has 3 aliphatic rings. The Morgan fingerprint density at radius 3 is 2.62 bits per heavy atom. The maximum atomic E-state index is 2.43. The summed E-state index contributed by atoms with van der Waals surface area (Å²) in [7, 11) is 0. The highest BCUT2D eigenvalue weighted by Crippen LogP contribution is 2.28. The molecule has 0 amide bonds. The standard InChI is InChI=1S/C7H11N/c1-4-8-5-2-7(1)3-6-8/h1,5,7H,2-4,6H2. The average molecular weight is 109 g/mol. The van der Waals surface area contributed by atoms with E-state index >= 15 is 0 Å². The van der Waals surface area contributed by atoms with Crippen LogP contribution in [0.3, 0.4) is 0 Å². The predicted octanol–water partition coefficient (Wildman–Crippen LogP) is 1.08. The predicted molar refractivity (Wildman–Crippen MR) is 32.9 cm³/mol. The van der Waals surface area contributed by atoms with Gasteiger partial charge in [-0.25, -0.2) is 0 Å². The minimum absolute atomic E-state index is 0.931. The van der Waals surface area contributed by atoms with Crippen molar-refractivity contribution in [2.45, 2.75) is 12.8 Å². The van der Waals surface area contributed by atoms with Crippen molar-refractivity contribution in [2.75, 3.05) is 13.1 Å². The zero-order valence-corrected chi connectivity index (χ0v) is 5.01. The molecule has 0 aliphatic carbocycles. The second-order valence-corrected chi connectivity index (χ2v) is 2.70. The van der Waals surface area contributed by atoms with Gasteiger partial charge in [-0.1, -0.05) is 0 Å². The Hall–Kier alpha value is -0.0400. The van der Waals surface area contributed by atoms with Crippen LogP contribution in [0.1, 0.15) is 12.8 Å². The van der Waals surface area contributed by atoms with E-state index in [-0.39, 0.29) is 0 Å². The third-order valence-electron chi connectivity index (χ3n) is 2.13. The van der Waals surface area contributed by atoms with Crippen LogP contribution >= 0.6 is 0 Å². The molecule has 3 saturated heterocycles. The Morgan fingerprint density at radius 1 is 1.50 bits per heavy atom. The zero-order valence-electron chi connectivity index (χ0n) is 5.01. The van der Waals surface area contributed by atoms with Gasteiger partial charge in [0.15, 0.2) is 0 Å². The number of nitrogens with zero attached hydrogens (tertiary/aromatic N) is 1. The first kappa shape index (κ1) is 4.80. The van der Waals surface area contributed by atoms with E-state index in [1.807, 2.05) is 0 Å². The van der Waals surface area contributed by atoms with Crippen LogP contribution < -0.4 is 0 Å². The molecule has 0 aromatic carbocycles. The van der Waals surface area contributed by atoms with Crippen molar-refractivity contribution in [3.05, 3.63) is 13.0 Å². The van der Waals surface area contributed by atoms with Gasteiger partial charge in [-0.05, 0) is 31.7 Å². The Kier molecular flexibility index (Phi) is 1.04. The van der Waals surface area contributed by atoms with Crippen LogP contribution in [0.25, 0.3) is 0 Å². The van der Waals surface area contributed by atoms with E-state index in [1.54, 1.807) is 0 Å². The largest absolute Gasteiger partial charge is 0.299 e. The summed E-state index contributed by atoms with van der Waals surface area (Å²) < 4.78 is 0. The summed E-state index contributed by atoms with van der Waals surface area (Å²) in [4.78, 5) is 2.40. The van der Waals surface area contributed by atoms with Crippen LogP contribution in [0, 0.1) is 18.9 Å². The van der Waals surface area contributed by atoms with E-state index < -0.39 is 0 Å². The van der Waals surface area contributed by atoms with Gasteiger partial charge < -0.3 is 0 Å². The Labute approximate surface area is 50.7 Å². The number of fused-ring (bicyclic) bond motifs is 3. The minimum atomic E-state index is 0.931. The molecule has 0 aromatic rings. The highest BCUT2D eigenvalue weighted by atomic mass is 15.1. The van der Waals surface area contributed by atoms with E-state index in [1.165, 1.54) is 25.9 Å². The quantitative estimate of drug-likeness (QED) is 0.450. The highest BCUT2D eigenvalue weighted by Gasteiger charge is 2.25. The summed E-state index contributed by atoms with van der Waals surface area (Å²) >= 11 is 0. The number of hydrogen-bond donors (Lipinski definition) is 0. The van der Waals surface area contributed by atoms with Crippen LogP contribution in [-0.4, -0.2) is 18.0 Å².